The fourth-order valence-electron chi connectivity index (χ4n) is 1.86. The molecular weight excluding hydrogens is 278 g/mol. The lowest BCUT2D eigenvalue weighted by atomic mass is 10.1. The van der Waals surface area contributed by atoms with E-state index in [4.69, 9.17) is 0 Å². The molecule has 1 aromatic heterocycles. The first-order valence-corrected chi connectivity index (χ1v) is 6.28. The number of pyridine rings is 1. The molecule has 2 nitrogen and oxygen atoms in total. The van der Waals surface area contributed by atoms with Gasteiger partial charge in [0.2, 0.25) is 0 Å². The Morgan fingerprint density at radius 1 is 1.24 bits per heavy atom. The van der Waals surface area contributed by atoms with Crippen LogP contribution in [-0.4, -0.2) is 4.57 Å². The van der Waals surface area contributed by atoms with E-state index in [2.05, 4.69) is 35.0 Å². The molecule has 1 heterocycles. The van der Waals surface area contributed by atoms with Crippen LogP contribution < -0.4 is 5.56 Å². The van der Waals surface area contributed by atoms with Crippen molar-refractivity contribution in [2.75, 3.05) is 0 Å². The van der Waals surface area contributed by atoms with Crippen molar-refractivity contribution < 1.29 is 0 Å². The minimum atomic E-state index is 0.0645. The van der Waals surface area contributed by atoms with Crippen molar-refractivity contribution in [3.8, 4) is 0 Å². The highest BCUT2D eigenvalue weighted by atomic mass is 79.9. The lowest BCUT2D eigenvalue weighted by molar-refractivity contribution is 0.748. The second kappa shape index (κ2) is 4.88. The third kappa shape index (κ3) is 2.86. The second-order valence-corrected chi connectivity index (χ2v) is 5.18. The molecule has 0 N–H and O–H groups in total. The molecule has 0 bridgehead atoms. The van der Waals surface area contributed by atoms with Gasteiger partial charge in [-0.3, -0.25) is 4.79 Å². The maximum atomic E-state index is 12.0. The first kappa shape index (κ1) is 12.1. The van der Waals surface area contributed by atoms with E-state index in [1.54, 1.807) is 4.57 Å². The smallest absolute Gasteiger partial charge is 0.253 e. The molecule has 2 aromatic rings. The standard InChI is InChI=1S/C14H14BrNO/c1-10-4-3-5-12(6-10)8-16-9-13(15)7-11(2)14(16)17/h3-7,9H,8H2,1-2H3. The highest BCUT2D eigenvalue weighted by molar-refractivity contribution is 9.10. The predicted octanol–water partition coefficient (Wildman–Crippen LogP) is 3.28. The molecule has 0 unspecified atom stereocenters. The molecule has 0 saturated carbocycles. The number of benzene rings is 1. The Bertz CT molecular complexity index is 601. The van der Waals surface area contributed by atoms with E-state index in [-0.39, 0.29) is 5.56 Å². The Morgan fingerprint density at radius 3 is 2.71 bits per heavy atom. The lowest BCUT2D eigenvalue weighted by Crippen LogP contribution is -2.22. The number of hydrogen-bond donors (Lipinski definition) is 0. The SMILES string of the molecule is Cc1cccc(Cn2cc(Br)cc(C)c2=O)c1. The zero-order chi connectivity index (χ0) is 12.4. The van der Waals surface area contributed by atoms with E-state index in [0.717, 1.165) is 15.6 Å². The third-order valence-electron chi connectivity index (χ3n) is 2.67. The van der Waals surface area contributed by atoms with Gasteiger partial charge in [-0.2, -0.15) is 0 Å². The number of rotatable bonds is 2. The normalized spacial score (nSPS) is 10.5. The second-order valence-electron chi connectivity index (χ2n) is 4.26. The average Bonchev–Trinajstić information content (AvgIpc) is 2.25. The van der Waals surface area contributed by atoms with Crippen molar-refractivity contribution in [2.24, 2.45) is 0 Å². The molecule has 1 aromatic carbocycles. The fraction of sp³-hybridized carbons (Fsp3) is 0.214. The van der Waals surface area contributed by atoms with Gasteiger partial charge in [-0.25, -0.2) is 0 Å². The summed E-state index contributed by atoms with van der Waals surface area (Å²) in [6.07, 6.45) is 1.83. The summed E-state index contributed by atoms with van der Waals surface area (Å²) in [7, 11) is 0. The first-order valence-electron chi connectivity index (χ1n) is 5.48. The van der Waals surface area contributed by atoms with Crippen molar-refractivity contribution in [1.82, 2.24) is 4.57 Å². The Labute approximate surface area is 109 Å². The summed E-state index contributed by atoms with van der Waals surface area (Å²) in [5.41, 5.74) is 3.17. The van der Waals surface area contributed by atoms with Crippen LogP contribution >= 0.6 is 15.9 Å². The molecule has 2 rings (SSSR count). The van der Waals surface area contributed by atoms with Gasteiger partial charge in [-0.15, -0.1) is 0 Å². The summed E-state index contributed by atoms with van der Waals surface area (Å²) >= 11 is 3.42. The molecule has 0 fully saturated rings. The summed E-state index contributed by atoms with van der Waals surface area (Å²) in [5, 5.41) is 0. The van der Waals surface area contributed by atoms with Gasteiger partial charge in [0, 0.05) is 16.2 Å². The molecule has 0 amide bonds. The van der Waals surface area contributed by atoms with E-state index in [1.807, 2.05) is 31.3 Å². The van der Waals surface area contributed by atoms with Crippen molar-refractivity contribution in [3.63, 3.8) is 0 Å². The highest BCUT2D eigenvalue weighted by Gasteiger charge is 2.02. The first-order chi connectivity index (χ1) is 8.06. The number of aromatic nitrogens is 1. The summed E-state index contributed by atoms with van der Waals surface area (Å²) in [5.74, 6) is 0. The molecule has 88 valence electrons. The van der Waals surface area contributed by atoms with Crippen LogP contribution in [0.25, 0.3) is 0 Å². The number of hydrogen-bond acceptors (Lipinski definition) is 1. The minimum absolute atomic E-state index is 0.0645. The minimum Gasteiger partial charge on any atom is -0.310 e. The number of nitrogens with zero attached hydrogens (tertiary/aromatic N) is 1. The van der Waals surface area contributed by atoms with Crippen LogP contribution in [0.5, 0.6) is 0 Å². The molecule has 17 heavy (non-hydrogen) atoms. The van der Waals surface area contributed by atoms with Crippen molar-refractivity contribution in [3.05, 3.63) is 68.0 Å². The maximum Gasteiger partial charge on any atom is 0.253 e. The number of aryl methyl sites for hydroxylation is 2. The van der Waals surface area contributed by atoms with Gasteiger partial charge in [0.25, 0.3) is 5.56 Å². The zero-order valence-corrected chi connectivity index (χ0v) is 11.5. The van der Waals surface area contributed by atoms with Gasteiger partial charge < -0.3 is 4.57 Å². The number of halogens is 1. The molecule has 0 saturated heterocycles. The van der Waals surface area contributed by atoms with E-state index in [0.29, 0.717) is 6.54 Å². The average molecular weight is 292 g/mol. The predicted molar refractivity (Wildman–Crippen MR) is 73.4 cm³/mol. The van der Waals surface area contributed by atoms with Gasteiger partial charge in [0.05, 0.1) is 6.54 Å². The zero-order valence-electron chi connectivity index (χ0n) is 9.90. The molecule has 0 aliphatic rings. The monoisotopic (exact) mass is 291 g/mol. The van der Waals surface area contributed by atoms with Crippen LogP contribution in [0.1, 0.15) is 16.7 Å². The van der Waals surface area contributed by atoms with Crippen LogP contribution in [0.15, 0.2) is 45.8 Å². The van der Waals surface area contributed by atoms with Crippen LogP contribution in [0.4, 0.5) is 0 Å². The summed E-state index contributed by atoms with van der Waals surface area (Å²) < 4.78 is 2.66. The van der Waals surface area contributed by atoms with E-state index < -0.39 is 0 Å². The van der Waals surface area contributed by atoms with E-state index >= 15 is 0 Å². The van der Waals surface area contributed by atoms with Gasteiger partial charge >= 0.3 is 0 Å². The molecule has 0 spiro atoms. The third-order valence-corrected chi connectivity index (χ3v) is 3.10. The van der Waals surface area contributed by atoms with E-state index in [9.17, 15) is 4.79 Å². The summed E-state index contributed by atoms with van der Waals surface area (Å²) in [6.45, 7) is 4.50. The van der Waals surface area contributed by atoms with Crippen molar-refractivity contribution in [2.45, 2.75) is 20.4 Å². The van der Waals surface area contributed by atoms with Gasteiger partial charge in [-0.05, 0) is 41.4 Å². The van der Waals surface area contributed by atoms with Crippen LogP contribution in [0.2, 0.25) is 0 Å². The lowest BCUT2D eigenvalue weighted by Gasteiger charge is -2.08. The molecule has 0 aliphatic carbocycles. The molecule has 3 heteroatoms. The van der Waals surface area contributed by atoms with Crippen molar-refractivity contribution in [1.29, 1.82) is 0 Å². The molecule has 0 atom stereocenters. The van der Waals surface area contributed by atoms with Gasteiger partial charge in [0.1, 0.15) is 0 Å². The molecular formula is C14H14BrNO. The highest BCUT2D eigenvalue weighted by Crippen LogP contribution is 2.10. The van der Waals surface area contributed by atoms with Gasteiger partial charge in [-0.1, -0.05) is 29.8 Å². The van der Waals surface area contributed by atoms with E-state index in [1.165, 1.54) is 5.56 Å². The quantitative estimate of drug-likeness (QED) is 0.832. The molecule has 0 aliphatic heterocycles. The van der Waals surface area contributed by atoms with Crippen LogP contribution in [0.3, 0.4) is 0 Å². The Hall–Kier alpha value is -1.35. The van der Waals surface area contributed by atoms with Crippen LogP contribution in [0, 0.1) is 13.8 Å². The largest absolute Gasteiger partial charge is 0.310 e. The topological polar surface area (TPSA) is 22.0 Å². The Balaban J connectivity index is 2.40. The summed E-state index contributed by atoms with van der Waals surface area (Å²) in [6, 6.07) is 10.0. The van der Waals surface area contributed by atoms with Crippen molar-refractivity contribution >= 4 is 15.9 Å². The summed E-state index contributed by atoms with van der Waals surface area (Å²) in [4.78, 5) is 12.0. The Morgan fingerprint density at radius 2 is 2.00 bits per heavy atom. The Kier molecular flexibility index (Phi) is 3.48. The van der Waals surface area contributed by atoms with Gasteiger partial charge in [0.15, 0.2) is 0 Å². The maximum absolute atomic E-state index is 12.0. The fourth-order valence-corrected chi connectivity index (χ4v) is 2.46. The van der Waals surface area contributed by atoms with Crippen LogP contribution in [-0.2, 0) is 6.54 Å². The molecule has 0 radical (unpaired) electrons.